The van der Waals surface area contributed by atoms with Gasteiger partial charge in [-0.1, -0.05) is 13.8 Å². The van der Waals surface area contributed by atoms with E-state index < -0.39 is 6.36 Å². The molecule has 0 radical (unpaired) electrons. The molecule has 0 amide bonds. The number of halogens is 3. The van der Waals surface area contributed by atoms with Gasteiger partial charge in [0.1, 0.15) is 17.4 Å². The number of alkyl halides is 3. The Bertz CT molecular complexity index is 1120. The Morgan fingerprint density at radius 2 is 2.04 bits per heavy atom. The number of hydrogen-bond acceptors (Lipinski definition) is 4. The molecule has 3 rings (SSSR count). The van der Waals surface area contributed by atoms with E-state index in [0.717, 1.165) is 0 Å². The second kappa shape index (κ2) is 6.46. The fourth-order valence-corrected chi connectivity index (χ4v) is 2.89. The highest BCUT2D eigenvalue weighted by Crippen LogP contribution is 2.32. The summed E-state index contributed by atoms with van der Waals surface area (Å²) in [6.45, 7) is 5.11. The monoisotopic (exact) mass is 376 g/mol. The Morgan fingerprint density at radius 1 is 1.33 bits per heavy atom. The number of aromatic amines is 1. The summed E-state index contributed by atoms with van der Waals surface area (Å²) in [7, 11) is 0. The van der Waals surface area contributed by atoms with Crippen molar-refractivity contribution in [2.45, 2.75) is 33.1 Å². The van der Waals surface area contributed by atoms with Gasteiger partial charge in [-0.25, -0.2) is 9.50 Å². The van der Waals surface area contributed by atoms with Crippen molar-refractivity contribution < 1.29 is 17.9 Å². The molecular formula is C18H15F3N4O2. The molecule has 1 aromatic carbocycles. The topological polar surface area (TPSA) is 83.2 Å². The predicted molar refractivity (Wildman–Crippen MR) is 91.5 cm³/mol. The molecule has 0 atom stereocenters. The van der Waals surface area contributed by atoms with Gasteiger partial charge >= 0.3 is 6.36 Å². The van der Waals surface area contributed by atoms with Crippen molar-refractivity contribution >= 4 is 5.65 Å². The van der Waals surface area contributed by atoms with E-state index in [2.05, 4.69) is 14.8 Å². The molecule has 0 spiro atoms. The molecule has 9 heteroatoms. The minimum absolute atomic E-state index is 0.162. The van der Waals surface area contributed by atoms with Crippen molar-refractivity contribution in [2.75, 3.05) is 0 Å². The van der Waals surface area contributed by atoms with Gasteiger partial charge in [0.05, 0.1) is 5.69 Å². The van der Waals surface area contributed by atoms with Crippen LogP contribution in [0.5, 0.6) is 5.75 Å². The first-order valence-electron chi connectivity index (χ1n) is 8.03. The molecule has 0 bridgehead atoms. The Labute approximate surface area is 151 Å². The summed E-state index contributed by atoms with van der Waals surface area (Å²) in [5.74, 6) is -0.522. The quantitative estimate of drug-likeness (QED) is 0.752. The lowest BCUT2D eigenvalue weighted by Gasteiger charge is -2.15. The van der Waals surface area contributed by atoms with Crippen molar-refractivity contribution in [3.8, 4) is 23.1 Å². The summed E-state index contributed by atoms with van der Waals surface area (Å²) in [5.41, 5.74) is 1.43. The lowest BCUT2D eigenvalue weighted by Crippen LogP contribution is -2.22. The van der Waals surface area contributed by atoms with Crippen molar-refractivity contribution in [3.05, 3.63) is 51.4 Å². The minimum Gasteiger partial charge on any atom is -0.406 e. The van der Waals surface area contributed by atoms with Crippen LogP contribution in [0.2, 0.25) is 0 Å². The van der Waals surface area contributed by atoms with E-state index in [9.17, 15) is 23.2 Å². The fourth-order valence-electron chi connectivity index (χ4n) is 2.89. The van der Waals surface area contributed by atoms with Crippen LogP contribution in [0, 0.1) is 18.3 Å². The minimum atomic E-state index is -4.79. The van der Waals surface area contributed by atoms with Crippen LogP contribution >= 0.6 is 0 Å². The summed E-state index contributed by atoms with van der Waals surface area (Å²) in [4.78, 5) is 17.3. The van der Waals surface area contributed by atoms with Crippen LogP contribution in [0.3, 0.4) is 0 Å². The van der Waals surface area contributed by atoms with Crippen molar-refractivity contribution in [2.24, 2.45) is 0 Å². The number of rotatable bonds is 3. The molecule has 0 aliphatic carbocycles. The van der Waals surface area contributed by atoms with Crippen LogP contribution in [-0.4, -0.2) is 21.0 Å². The smallest absolute Gasteiger partial charge is 0.406 e. The number of hydrogen-bond donors (Lipinski definition) is 1. The number of nitriles is 1. The lowest BCUT2D eigenvalue weighted by molar-refractivity contribution is -0.274. The van der Waals surface area contributed by atoms with Gasteiger partial charge in [-0.05, 0) is 36.6 Å². The molecule has 0 fully saturated rings. The number of benzene rings is 1. The summed E-state index contributed by atoms with van der Waals surface area (Å²) in [6.07, 6.45) is -3.42. The predicted octanol–water partition coefficient (Wildman–Crippen LogP) is 3.89. The Morgan fingerprint density at radius 3 is 2.59 bits per heavy atom. The zero-order valence-corrected chi connectivity index (χ0v) is 14.7. The first kappa shape index (κ1) is 18.5. The van der Waals surface area contributed by atoms with Crippen LogP contribution < -0.4 is 10.3 Å². The number of aryl methyl sites for hydroxylation is 1. The van der Waals surface area contributed by atoms with Crippen LogP contribution in [0.15, 0.2) is 29.2 Å². The zero-order valence-electron chi connectivity index (χ0n) is 14.7. The molecular weight excluding hydrogens is 361 g/mol. The van der Waals surface area contributed by atoms with Crippen molar-refractivity contribution in [1.82, 2.24) is 14.6 Å². The maximum absolute atomic E-state index is 12.8. The third-order valence-electron chi connectivity index (χ3n) is 4.07. The highest BCUT2D eigenvalue weighted by molar-refractivity contribution is 5.69. The van der Waals surface area contributed by atoms with Gasteiger partial charge in [-0.15, -0.1) is 13.2 Å². The normalized spacial score (nSPS) is 11.8. The number of H-pyrrole nitrogens is 1. The molecule has 0 unspecified atom stereocenters. The standard InChI is InChI=1S/C18H15F3N4O2/c1-9(2)14-15(24-16-12(7-22)8-23-25(16)17(14)26)11-4-5-13(10(3)6-11)27-18(19,20)21/h4-6,8-9,23H,1-3H3. The number of aromatic nitrogens is 3. The molecule has 2 heterocycles. The fraction of sp³-hybridized carbons (Fsp3) is 0.278. The van der Waals surface area contributed by atoms with E-state index in [1.807, 2.05) is 19.9 Å². The van der Waals surface area contributed by atoms with Crippen LogP contribution in [0.1, 0.15) is 36.5 Å². The van der Waals surface area contributed by atoms with E-state index in [1.54, 1.807) is 0 Å². The van der Waals surface area contributed by atoms with Gasteiger partial charge in [-0.2, -0.15) is 5.26 Å². The van der Waals surface area contributed by atoms with Crippen LogP contribution in [0.25, 0.3) is 16.9 Å². The molecule has 0 aliphatic rings. The lowest BCUT2D eigenvalue weighted by atomic mass is 9.97. The molecule has 3 aromatic rings. The zero-order chi connectivity index (χ0) is 19.9. The number of ether oxygens (including phenoxy) is 1. The molecule has 0 saturated carbocycles. The van der Waals surface area contributed by atoms with Gasteiger partial charge in [0, 0.05) is 17.3 Å². The molecule has 0 aliphatic heterocycles. The molecule has 1 N–H and O–H groups in total. The third-order valence-corrected chi connectivity index (χ3v) is 4.07. The van der Waals surface area contributed by atoms with Crippen LogP contribution in [-0.2, 0) is 0 Å². The Balaban J connectivity index is 2.24. The summed E-state index contributed by atoms with van der Waals surface area (Å²) in [6, 6.07) is 6.03. The van der Waals surface area contributed by atoms with E-state index >= 15 is 0 Å². The second-order valence-corrected chi connectivity index (χ2v) is 6.32. The summed E-state index contributed by atoms with van der Waals surface area (Å²) >= 11 is 0. The maximum Gasteiger partial charge on any atom is 0.573 e. The van der Waals surface area contributed by atoms with Gasteiger partial charge < -0.3 is 4.74 Å². The van der Waals surface area contributed by atoms with E-state index in [0.29, 0.717) is 16.8 Å². The number of fused-ring (bicyclic) bond motifs is 1. The molecule has 27 heavy (non-hydrogen) atoms. The number of nitrogens with one attached hydrogen (secondary N) is 1. The molecule has 6 nitrogen and oxygen atoms in total. The average Bonchev–Trinajstić information content (AvgIpc) is 2.98. The van der Waals surface area contributed by atoms with E-state index in [4.69, 9.17) is 0 Å². The SMILES string of the molecule is Cc1cc(-c2nc3c(C#N)c[nH]n3c(=O)c2C(C)C)ccc1OC(F)(F)F. The second-order valence-electron chi connectivity index (χ2n) is 6.32. The third kappa shape index (κ3) is 3.38. The number of nitrogens with zero attached hydrogens (tertiary/aromatic N) is 3. The highest BCUT2D eigenvalue weighted by atomic mass is 19.4. The van der Waals surface area contributed by atoms with E-state index in [-0.39, 0.29) is 34.0 Å². The highest BCUT2D eigenvalue weighted by Gasteiger charge is 2.32. The largest absolute Gasteiger partial charge is 0.573 e. The van der Waals surface area contributed by atoms with Crippen LogP contribution in [0.4, 0.5) is 13.2 Å². The van der Waals surface area contributed by atoms with Gasteiger partial charge in [0.25, 0.3) is 5.56 Å². The molecule has 140 valence electrons. The van der Waals surface area contributed by atoms with Crippen molar-refractivity contribution in [3.63, 3.8) is 0 Å². The summed E-state index contributed by atoms with van der Waals surface area (Å²) < 4.78 is 42.6. The van der Waals surface area contributed by atoms with Crippen molar-refractivity contribution in [1.29, 1.82) is 5.26 Å². The average molecular weight is 376 g/mol. The Kier molecular flexibility index (Phi) is 4.43. The van der Waals surface area contributed by atoms with E-state index in [1.165, 1.54) is 35.8 Å². The molecule has 2 aromatic heterocycles. The van der Waals surface area contributed by atoms with Gasteiger partial charge in [0.2, 0.25) is 0 Å². The maximum atomic E-state index is 12.8. The first-order valence-corrected chi connectivity index (χ1v) is 8.03. The first-order chi connectivity index (χ1) is 12.6. The Hall–Kier alpha value is -3.28. The summed E-state index contributed by atoms with van der Waals surface area (Å²) in [5, 5.41) is 11.9. The van der Waals surface area contributed by atoms with Gasteiger partial charge in [0.15, 0.2) is 5.65 Å². The van der Waals surface area contributed by atoms with Gasteiger partial charge in [-0.3, -0.25) is 9.89 Å². The molecule has 0 saturated heterocycles.